The minimum atomic E-state index is -0.315. The van der Waals surface area contributed by atoms with Crippen molar-refractivity contribution < 1.29 is 8.91 Å². The SMILES string of the molecule is CCC(Br)c1nc(-c2ccc(F)c(Br)c2)no1. The largest absolute Gasteiger partial charge is 0.338 e. The van der Waals surface area contributed by atoms with Crippen LogP contribution in [-0.2, 0) is 0 Å². The Morgan fingerprint density at radius 3 is 2.88 bits per heavy atom. The van der Waals surface area contributed by atoms with E-state index in [1.54, 1.807) is 12.1 Å². The smallest absolute Gasteiger partial charge is 0.240 e. The minimum Gasteiger partial charge on any atom is -0.338 e. The fourth-order valence-electron chi connectivity index (χ4n) is 1.29. The fourth-order valence-corrected chi connectivity index (χ4v) is 1.85. The summed E-state index contributed by atoms with van der Waals surface area (Å²) in [7, 11) is 0. The average Bonchev–Trinajstić information content (AvgIpc) is 2.81. The van der Waals surface area contributed by atoms with Crippen molar-refractivity contribution in [2.75, 3.05) is 0 Å². The number of hydrogen-bond acceptors (Lipinski definition) is 3. The molecule has 0 radical (unpaired) electrons. The van der Waals surface area contributed by atoms with Crippen LogP contribution in [0.15, 0.2) is 27.2 Å². The zero-order chi connectivity index (χ0) is 12.4. The first-order valence-electron chi connectivity index (χ1n) is 5.05. The van der Waals surface area contributed by atoms with Crippen LogP contribution >= 0.6 is 31.9 Å². The Morgan fingerprint density at radius 1 is 1.47 bits per heavy atom. The molecule has 1 atom stereocenters. The van der Waals surface area contributed by atoms with E-state index in [2.05, 4.69) is 42.0 Å². The highest BCUT2D eigenvalue weighted by Gasteiger charge is 2.15. The zero-order valence-corrected chi connectivity index (χ0v) is 12.1. The van der Waals surface area contributed by atoms with Gasteiger partial charge in [0, 0.05) is 5.56 Å². The van der Waals surface area contributed by atoms with Gasteiger partial charge >= 0.3 is 0 Å². The standard InChI is InChI=1S/C11H9Br2FN2O/c1-2-7(12)11-15-10(16-17-11)6-3-4-9(14)8(13)5-6/h3-5,7H,2H2,1H3. The van der Waals surface area contributed by atoms with Crippen molar-refractivity contribution in [1.29, 1.82) is 0 Å². The van der Waals surface area contributed by atoms with E-state index in [-0.39, 0.29) is 10.6 Å². The summed E-state index contributed by atoms with van der Waals surface area (Å²) in [6, 6.07) is 4.60. The molecule has 0 aliphatic carbocycles. The maximum atomic E-state index is 13.1. The molecule has 0 amide bonds. The summed E-state index contributed by atoms with van der Waals surface area (Å²) in [5.41, 5.74) is 0.712. The van der Waals surface area contributed by atoms with E-state index in [1.165, 1.54) is 6.07 Å². The highest BCUT2D eigenvalue weighted by atomic mass is 79.9. The number of nitrogens with zero attached hydrogens (tertiary/aromatic N) is 2. The summed E-state index contributed by atoms with van der Waals surface area (Å²) in [6.07, 6.45) is 0.856. The highest BCUT2D eigenvalue weighted by molar-refractivity contribution is 9.10. The van der Waals surface area contributed by atoms with Crippen LogP contribution in [0.1, 0.15) is 24.1 Å². The molecule has 0 aliphatic rings. The lowest BCUT2D eigenvalue weighted by atomic mass is 10.2. The molecule has 17 heavy (non-hydrogen) atoms. The third-order valence-electron chi connectivity index (χ3n) is 2.25. The summed E-state index contributed by atoms with van der Waals surface area (Å²) in [4.78, 5) is 4.30. The fraction of sp³-hybridized carbons (Fsp3) is 0.273. The Bertz CT molecular complexity index is 530. The van der Waals surface area contributed by atoms with Crippen LogP contribution in [0.25, 0.3) is 11.4 Å². The molecule has 1 heterocycles. The minimum absolute atomic E-state index is 0.0487. The van der Waals surface area contributed by atoms with Crippen molar-refractivity contribution in [3.05, 3.63) is 34.4 Å². The van der Waals surface area contributed by atoms with Gasteiger partial charge in [-0.05, 0) is 40.5 Å². The molecule has 3 nitrogen and oxygen atoms in total. The molecule has 1 aromatic heterocycles. The Labute approximate surface area is 115 Å². The zero-order valence-electron chi connectivity index (χ0n) is 8.95. The van der Waals surface area contributed by atoms with Crippen molar-refractivity contribution in [2.24, 2.45) is 0 Å². The van der Waals surface area contributed by atoms with E-state index in [0.717, 1.165) is 6.42 Å². The summed E-state index contributed by atoms with van der Waals surface area (Å²) in [6.45, 7) is 2.01. The molecule has 1 aromatic carbocycles. The summed E-state index contributed by atoms with van der Waals surface area (Å²) in [5.74, 6) is 0.672. The molecule has 1 unspecified atom stereocenters. The van der Waals surface area contributed by atoms with Crippen LogP contribution in [-0.4, -0.2) is 10.1 Å². The van der Waals surface area contributed by atoms with Crippen molar-refractivity contribution in [1.82, 2.24) is 10.1 Å². The second kappa shape index (κ2) is 5.27. The maximum Gasteiger partial charge on any atom is 0.240 e. The van der Waals surface area contributed by atoms with E-state index >= 15 is 0 Å². The molecular formula is C11H9Br2FN2O. The second-order valence-electron chi connectivity index (χ2n) is 3.46. The van der Waals surface area contributed by atoms with Gasteiger partial charge in [0.2, 0.25) is 11.7 Å². The number of rotatable bonds is 3. The van der Waals surface area contributed by atoms with Crippen LogP contribution in [0.3, 0.4) is 0 Å². The van der Waals surface area contributed by atoms with Crippen molar-refractivity contribution in [2.45, 2.75) is 18.2 Å². The molecule has 0 saturated carbocycles. The summed E-state index contributed by atoms with van der Waals surface area (Å²) < 4.78 is 18.6. The number of benzene rings is 1. The molecule has 0 N–H and O–H groups in total. The van der Waals surface area contributed by atoms with Gasteiger partial charge in [0.1, 0.15) is 5.82 Å². The van der Waals surface area contributed by atoms with Gasteiger partial charge in [-0.2, -0.15) is 4.98 Å². The topological polar surface area (TPSA) is 38.9 Å². The lowest BCUT2D eigenvalue weighted by Crippen LogP contribution is -1.88. The van der Waals surface area contributed by atoms with Crippen LogP contribution in [0.5, 0.6) is 0 Å². The Kier molecular flexibility index (Phi) is 3.93. The average molecular weight is 364 g/mol. The van der Waals surface area contributed by atoms with Crippen LogP contribution in [0, 0.1) is 5.82 Å². The van der Waals surface area contributed by atoms with Crippen molar-refractivity contribution >= 4 is 31.9 Å². The van der Waals surface area contributed by atoms with Crippen molar-refractivity contribution in [3.63, 3.8) is 0 Å². The Morgan fingerprint density at radius 2 is 2.24 bits per heavy atom. The van der Waals surface area contributed by atoms with E-state index in [1.807, 2.05) is 6.92 Å². The highest BCUT2D eigenvalue weighted by Crippen LogP contribution is 2.28. The molecule has 90 valence electrons. The molecule has 0 spiro atoms. The predicted octanol–water partition coefficient (Wildman–Crippen LogP) is 4.48. The van der Waals surface area contributed by atoms with Gasteiger partial charge < -0.3 is 4.52 Å². The first-order valence-corrected chi connectivity index (χ1v) is 6.75. The molecule has 0 fully saturated rings. The van der Waals surface area contributed by atoms with Gasteiger partial charge in [-0.1, -0.05) is 28.0 Å². The number of halogens is 3. The first kappa shape index (κ1) is 12.7. The normalized spacial score (nSPS) is 12.7. The monoisotopic (exact) mass is 362 g/mol. The van der Waals surface area contributed by atoms with Gasteiger partial charge in [0.05, 0.1) is 9.30 Å². The molecular weight excluding hydrogens is 355 g/mol. The van der Waals surface area contributed by atoms with Gasteiger partial charge in [-0.25, -0.2) is 4.39 Å². The molecule has 6 heteroatoms. The van der Waals surface area contributed by atoms with E-state index in [0.29, 0.717) is 21.8 Å². The third kappa shape index (κ3) is 2.74. The van der Waals surface area contributed by atoms with Gasteiger partial charge in [-0.3, -0.25) is 0 Å². The van der Waals surface area contributed by atoms with Gasteiger partial charge in [0.25, 0.3) is 0 Å². The third-order valence-corrected chi connectivity index (χ3v) is 3.89. The number of hydrogen-bond donors (Lipinski definition) is 0. The van der Waals surface area contributed by atoms with Crippen LogP contribution in [0.2, 0.25) is 0 Å². The summed E-state index contributed by atoms with van der Waals surface area (Å²) in [5, 5.41) is 3.87. The maximum absolute atomic E-state index is 13.1. The Balaban J connectivity index is 2.33. The molecule has 0 aliphatic heterocycles. The summed E-state index contributed by atoms with van der Waals surface area (Å²) >= 11 is 6.55. The van der Waals surface area contributed by atoms with Gasteiger partial charge in [-0.15, -0.1) is 0 Å². The number of alkyl halides is 1. The molecule has 2 rings (SSSR count). The molecule has 2 aromatic rings. The van der Waals surface area contributed by atoms with E-state index < -0.39 is 0 Å². The van der Waals surface area contributed by atoms with Crippen LogP contribution in [0.4, 0.5) is 4.39 Å². The second-order valence-corrected chi connectivity index (χ2v) is 5.42. The molecule has 0 saturated heterocycles. The van der Waals surface area contributed by atoms with E-state index in [4.69, 9.17) is 4.52 Å². The first-order chi connectivity index (χ1) is 8.11. The van der Waals surface area contributed by atoms with Crippen molar-refractivity contribution in [3.8, 4) is 11.4 Å². The van der Waals surface area contributed by atoms with E-state index in [9.17, 15) is 4.39 Å². The lowest BCUT2D eigenvalue weighted by molar-refractivity contribution is 0.377. The predicted molar refractivity (Wildman–Crippen MR) is 69.4 cm³/mol. The quantitative estimate of drug-likeness (QED) is 0.754. The Hall–Kier alpha value is -0.750. The lowest BCUT2D eigenvalue weighted by Gasteiger charge is -1.98. The number of aromatic nitrogens is 2. The molecule has 0 bridgehead atoms. The van der Waals surface area contributed by atoms with Gasteiger partial charge in [0.15, 0.2) is 0 Å². The van der Waals surface area contributed by atoms with Crippen LogP contribution < -0.4 is 0 Å².